The lowest BCUT2D eigenvalue weighted by molar-refractivity contribution is 1.40. The number of anilines is 2. The third-order valence-electron chi connectivity index (χ3n) is 3.02. The second-order valence-corrected chi connectivity index (χ2v) is 4.17. The lowest BCUT2D eigenvalue weighted by Gasteiger charge is -2.10. The van der Waals surface area contributed by atoms with Crippen LogP contribution in [0, 0.1) is 0 Å². The number of nitrogens with two attached hydrogens (primary N) is 2. The monoisotopic (exact) mass is 235 g/mol. The van der Waals surface area contributed by atoms with Gasteiger partial charge in [-0.05, 0) is 6.07 Å². The Morgan fingerprint density at radius 2 is 1.39 bits per heavy atom. The van der Waals surface area contributed by atoms with Gasteiger partial charge in [-0.25, -0.2) is 4.98 Å². The molecule has 0 saturated carbocycles. The molecule has 3 nitrogen and oxygen atoms in total. The van der Waals surface area contributed by atoms with Gasteiger partial charge in [-0.3, -0.25) is 0 Å². The molecule has 0 saturated heterocycles. The van der Waals surface area contributed by atoms with Crippen molar-refractivity contribution in [3.8, 4) is 11.3 Å². The second kappa shape index (κ2) is 4.04. The van der Waals surface area contributed by atoms with Gasteiger partial charge in [0, 0.05) is 10.9 Å². The molecule has 1 heterocycles. The van der Waals surface area contributed by atoms with E-state index in [1.165, 1.54) is 0 Å². The van der Waals surface area contributed by atoms with Crippen molar-refractivity contribution in [1.82, 2.24) is 4.98 Å². The average molecular weight is 235 g/mol. The minimum atomic E-state index is 0.542. The first-order chi connectivity index (χ1) is 8.77. The molecule has 4 N–H and O–H groups in total. The topological polar surface area (TPSA) is 64.9 Å². The number of pyridine rings is 1. The highest BCUT2D eigenvalue weighted by molar-refractivity contribution is 6.00. The van der Waals surface area contributed by atoms with Crippen LogP contribution in [-0.2, 0) is 0 Å². The summed E-state index contributed by atoms with van der Waals surface area (Å²) in [5.74, 6) is 0. The van der Waals surface area contributed by atoms with E-state index in [9.17, 15) is 0 Å². The lowest BCUT2D eigenvalue weighted by Crippen LogP contribution is -2.01. The maximum atomic E-state index is 6.09. The van der Waals surface area contributed by atoms with E-state index in [0.717, 1.165) is 22.2 Å². The van der Waals surface area contributed by atoms with Crippen LogP contribution in [0.3, 0.4) is 0 Å². The number of nitrogen functional groups attached to an aromatic ring is 2. The number of aromatic nitrogens is 1. The molecular formula is C15H13N3. The number of hydrogen-bond acceptors (Lipinski definition) is 3. The molecule has 0 fully saturated rings. The summed E-state index contributed by atoms with van der Waals surface area (Å²) in [4.78, 5) is 4.60. The fourth-order valence-electron chi connectivity index (χ4n) is 2.07. The van der Waals surface area contributed by atoms with Gasteiger partial charge >= 0.3 is 0 Å². The number of benzene rings is 2. The molecule has 1 aromatic heterocycles. The minimum Gasteiger partial charge on any atom is -0.396 e. The molecule has 3 rings (SSSR count). The van der Waals surface area contributed by atoms with Crippen LogP contribution in [0.4, 0.5) is 11.4 Å². The first-order valence-corrected chi connectivity index (χ1v) is 5.76. The number of nitrogens with zero attached hydrogens (tertiary/aromatic N) is 1. The van der Waals surface area contributed by atoms with E-state index < -0.39 is 0 Å². The minimum absolute atomic E-state index is 0.542. The van der Waals surface area contributed by atoms with E-state index in [2.05, 4.69) is 4.98 Å². The van der Waals surface area contributed by atoms with Crippen LogP contribution in [0.5, 0.6) is 0 Å². The van der Waals surface area contributed by atoms with E-state index in [1.807, 2.05) is 54.6 Å². The SMILES string of the molecule is Nc1c(-c2ccccc2)nc2ccccc2c1N. The number of fused-ring (bicyclic) bond motifs is 1. The molecule has 2 aromatic carbocycles. The van der Waals surface area contributed by atoms with Crippen molar-refractivity contribution < 1.29 is 0 Å². The van der Waals surface area contributed by atoms with E-state index in [-0.39, 0.29) is 0 Å². The van der Waals surface area contributed by atoms with Crippen LogP contribution in [0.15, 0.2) is 54.6 Å². The van der Waals surface area contributed by atoms with Gasteiger partial charge in [0.05, 0.1) is 22.6 Å². The number of hydrogen-bond donors (Lipinski definition) is 2. The summed E-state index contributed by atoms with van der Waals surface area (Å²) in [6.45, 7) is 0. The first kappa shape index (κ1) is 10.6. The van der Waals surface area contributed by atoms with Crippen LogP contribution in [0.1, 0.15) is 0 Å². The summed E-state index contributed by atoms with van der Waals surface area (Å²) in [5, 5.41) is 0.898. The van der Waals surface area contributed by atoms with Crippen LogP contribution in [0.25, 0.3) is 22.2 Å². The molecule has 0 amide bonds. The molecule has 0 aliphatic carbocycles. The van der Waals surface area contributed by atoms with Gasteiger partial charge in [0.2, 0.25) is 0 Å². The molecule has 0 aliphatic rings. The Morgan fingerprint density at radius 3 is 2.17 bits per heavy atom. The van der Waals surface area contributed by atoms with Crippen LogP contribution in [0.2, 0.25) is 0 Å². The Balaban J connectivity index is 2.34. The molecule has 0 aliphatic heterocycles. The van der Waals surface area contributed by atoms with Gasteiger partial charge in [0.15, 0.2) is 0 Å². The summed E-state index contributed by atoms with van der Waals surface area (Å²) < 4.78 is 0. The second-order valence-electron chi connectivity index (χ2n) is 4.17. The normalized spacial score (nSPS) is 10.7. The van der Waals surface area contributed by atoms with Gasteiger partial charge in [-0.15, -0.1) is 0 Å². The number of rotatable bonds is 1. The highest BCUT2D eigenvalue weighted by Gasteiger charge is 2.10. The zero-order chi connectivity index (χ0) is 12.5. The Hall–Kier alpha value is -2.55. The number of para-hydroxylation sites is 1. The Morgan fingerprint density at radius 1 is 0.722 bits per heavy atom. The van der Waals surface area contributed by atoms with Crippen LogP contribution < -0.4 is 11.5 Å². The lowest BCUT2D eigenvalue weighted by atomic mass is 10.1. The van der Waals surface area contributed by atoms with Crippen LogP contribution >= 0.6 is 0 Å². The zero-order valence-corrected chi connectivity index (χ0v) is 9.80. The molecule has 0 atom stereocenters. The molecule has 3 heteroatoms. The van der Waals surface area contributed by atoms with E-state index >= 15 is 0 Å². The summed E-state index contributed by atoms with van der Waals surface area (Å²) in [6.07, 6.45) is 0. The van der Waals surface area contributed by atoms with Gasteiger partial charge < -0.3 is 11.5 Å². The standard InChI is InChI=1S/C15H13N3/c16-13-11-8-4-5-9-12(11)18-15(14(13)17)10-6-2-1-3-7-10/h1-9H,17H2,(H2,16,18). The Bertz CT molecular complexity index is 706. The maximum absolute atomic E-state index is 6.09. The highest BCUT2D eigenvalue weighted by atomic mass is 14.8. The van der Waals surface area contributed by atoms with Gasteiger partial charge in [0.1, 0.15) is 0 Å². The van der Waals surface area contributed by atoms with Gasteiger partial charge in [-0.2, -0.15) is 0 Å². The van der Waals surface area contributed by atoms with E-state index in [0.29, 0.717) is 11.4 Å². The van der Waals surface area contributed by atoms with Crippen molar-refractivity contribution in [2.45, 2.75) is 0 Å². The molecular weight excluding hydrogens is 222 g/mol. The molecule has 0 radical (unpaired) electrons. The summed E-state index contributed by atoms with van der Waals surface area (Å²) in [5.41, 5.74) is 15.9. The van der Waals surface area contributed by atoms with E-state index in [1.54, 1.807) is 0 Å². The first-order valence-electron chi connectivity index (χ1n) is 5.76. The van der Waals surface area contributed by atoms with Crippen molar-refractivity contribution in [1.29, 1.82) is 0 Å². The fraction of sp³-hybridized carbons (Fsp3) is 0. The predicted octanol–water partition coefficient (Wildman–Crippen LogP) is 3.07. The van der Waals surface area contributed by atoms with Crippen molar-refractivity contribution in [2.75, 3.05) is 11.5 Å². The molecule has 18 heavy (non-hydrogen) atoms. The average Bonchev–Trinajstić information content (AvgIpc) is 2.44. The van der Waals surface area contributed by atoms with Gasteiger partial charge in [0.25, 0.3) is 0 Å². The van der Waals surface area contributed by atoms with Crippen molar-refractivity contribution in [2.24, 2.45) is 0 Å². The third kappa shape index (κ3) is 1.57. The quantitative estimate of drug-likeness (QED) is 0.681. The largest absolute Gasteiger partial charge is 0.396 e. The highest BCUT2D eigenvalue weighted by Crippen LogP contribution is 2.33. The Kier molecular flexibility index (Phi) is 2.38. The molecule has 3 aromatic rings. The maximum Gasteiger partial charge on any atom is 0.0960 e. The zero-order valence-electron chi connectivity index (χ0n) is 9.80. The van der Waals surface area contributed by atoms with Crippen molar-refractivity contribution >= 4 is 22.3 Å². The van der Waals surface area contributed by atoms with E-state index in [4.69, 9.17) is 11.5 Å². The summed E-state index contributed by atoms with van der Waals surface area (Å²) >= 11 is 0. The smallest absolute Gasteiger partial charge is 0.0960 e. The molecule has 0 spiro atoms. The molecule has 88 valence electrons. The predicted molar refractivity (Wildman–Crippen MR) is 76.0 cm³/mol. The summed E-state index contributed by atoms with van der Waals surface area (Å²) in [6, 6.07) is 17.6. The van der Waals surface area contributed by atoms with Crippen LogP contribution in [-0.4, -0.2) is 4.98 Å². The molecule has 0 bridgehead atoms. The Labute approximate surface area is 105 Å². The van der Waals surface area contributed by atoms with Crippen molar-refractivity contribution in [3.05, 3.63) is 54.6 Å². The molecule has 0 unspecified atom stereocenters. The summed E-state index contributed by atoms with van der Waals surface area (Å²) in [7, 11) is 0. The third-order valence-corrected chi connectivity index (χ3v) is 3.02. The van der Waals surface area contributed by atoms with Crippen molar-refractivity contribution in [3.63, 3.8) is 0 Å². The van der Waals surface area contributed by atoms with Gasteiger partial charge in [-0.1, -0.05) is 48.5 Å². The fourth-order valence-corrected chi connectivity index (χ4v) is 2.07.